The van der Waals surface area contributed by atoms with Crippen LogP contribution < -0.4 is 5.73 Å². The smallest absolute Gasteiger partial charge is 0.255 e. The van der Waals surface area contributed by atoms with E-state index < -0.39 is 111 Å². The molecule has 4 aliphatic rings. The highest BCUT2D eigenvalue weighted by atomic mass is 16.4. The third-order valence-corrected chi connectivity index (χ3v) is 6.32. The molecule has 0 aliphatic heterocycles. The van der Waals surface area contributed by atoms with Gasteiger partial charge < -0.3 is 31.3 Å². The van der Waals surface area contributed by atoms with Crippen LogP contribution in [0.5, 0.6) is 0 Å². The molecule has 0 spiro atoms. The molecule has 4 aliphatic carbocycles. The van der Waals surface area contributed by atoms with Crippen LogP contribution in [0.1, 0.15) is 20.2 Å². The van der Waals surface area contributed by atoms with Crippen molar-refractivity contribution in [1.29, 1.82) is 0 Å². The van der Waals surface area contributed by atoms with Gasteiger partial charge in [0.05, 0.1) is 22.7 Å². The van der Waals surface area contributed by atoms with E-state index in [-0.39, 0.29) is 0 Å². The molecule has 0 radical (unpaired) electrons. The summed E-state index contributed by atoms with van der Waals surface area (Å²) in [5.74, 6) is -13.0. The zero-order valence-electron chi connectivity index (χ0n) is 22.3. The number of aliphatic hydroxyl groups is 5. The topological polar surface area (TPSA) is 182 Å². The van der Waals surface area contributed by atoms with Gasteiger partial charge in [0.25, 0.3) is 5.91 Å². The second-order valence-corrected chi connectivity index (χ2v) is 8.30. The third-order valence-electron chi connectivity index (χ3n) is 6.32. The molecule has 1 amide bonds. The Morgan fingerprint density at radius 2 is 1.88 bits per heavy atom. The third kappa shape index (κ3) is 2.48. The Kier molecular flexibility index (Phi) is 3.41. The summed E-state index contributed by atoms with van der Waals surface area (Å²) in [7, 11) is 2.43. The van der Waals surface area contributed by atoms with Gasteiger partial charge in [0.1, 0.15) is 22.9 Å². The van der Waals surface area contributed by atoms with Crippen molar-refractivity contribution in [2.24, 2.45) is 17.5 Å². The number of fused-ring (bicyclic) bond motifs is 3. The van der Waals surface area contributed by atoms with Gasteiger partial charge in [-0.1, -0.05) is 12.1 Å². The number of allylic oxidation sites excluding steroid dienone is 4. The normalized spacial score (nSPS) is 44.6. The van der Waals surface area contributed by atoms with E-state index in [1.54, 1.807) is 0 Å². The average molecular weight is 449 g/mol. The summed E-state index contributed by atoms with van der Waals surface area (Å²) < 4.78 is 42.1. The summed E-state index contributed by atoms with van der Waals surface area (Å²) >= 11 is 0. The number of nitrogens with zero attached hydrogens (tertiary/aromatic N) is 1. The van der Waals surface area contributed by atoms with E-state index in [4.69, 9.17) is 11.2 Å². The molecule has 0 bridgehead atoms. The molecular weight excluding hydrogens is 420 g/mol. The number of carbonyl (C=O) groups excluding carboxylic acids is 3. The van der Waals surface area contributed by atoms with E-state index in [2.05, 4.69) is 0 Å². The van der Waals surface area contributed by atoms with Crippen molar-refractivity contribution in [3.63, 3.8) is 0 Å². The van der Waals surface area contributed by atoms with Crippen LogP contribution in [0.2, 0.25) is 0 Å². The van der Waals surface area contributed by atoms with Gasteiger partial charge in [-0.2, -0.15) is 0 Å². The number of nitrogens with two attached hydrogens (primary N) is 1. The lowest BCUT2D eigenvalue weighted by molar-refractivity contribution is -0.138. The molecule has 7 N–H and O–H groups in total. The van der Waals surface area contributed by atoms with E-state index >= 15 is 0 Å². The molecular formula is C22H24N2O8. The Balaban J connectivity index is 2.23. The minimum Gasteiger partial charge on any atom is -0.508 e. The van der Waals surface area contributed by atoms with Crippen molar-refractivity contribution in [2.45, 2.75) is 30.6 Å². The van der Waals surface area contributed by atoms with Crippen molar-refractivity contribution in [3.05, 3.63) is 57.7 Å². The van der Waals surface area contributed by atoms with Crippen LogP contribution in [0.4, 0.5) is 0 Å². The predicted molar refractivity (Wildman–Crippen MR) is 110 cm³/mol. The monoisotopic (exact) mass is 449 g/mol. The van der Waals surface area contributed by atoms with E-state index in [0.717, 1.165) is 11.8 Å². The Hall–Kier alpha value is -3.21. The van der Waals surface area contributed by atoms with Gasteiger partial charge in [-0.3, -0.25) is 19.3 Å². The maximum atomic E-state index is 13.3. The van der Waals surface area contributed by atoms with Gasteiger partial charge in [0.2, 0.25) is 0 Å². The minimum absolute atomic E-state index is 0.701. The average Bonchev–Trinajstić information content (AvgIpc) is 2.79. The van der Waals surface area contributed by atoms with Crippen molar-refractivity contribution in [2.75, 3.05) is 14.1 Å². The second kappa shape index (κ2) is 6.64. The van der Waals surface area contributed by atoms with Crippen molar-refractivity contribution < 1.29 is 46.8 Å². The molecule has 32 heavy (non-hydrogen) atoms. The van der Waals surface area contributed by atoms with Crippen LogP contribution in [0.25, 0.3) is 0 Å². The predicted octanol–water partition coefficient (Wildman–Crippen LogP) is -0.382. The standard InChI is InChI=1S/C22H24N2O8/c1-21(31)8-5-4-6-11(25)12(8)16(26)13-9(21)7-10-15(24(2)3)17(27)14(20(23)30)19(29)22(10,32)18(13)28/h4-6,9-10,15,26,28-29,31-32H,7H2,1-3H3,(H2,23,30)/t9?,10?,15?,21?,22-/m0/s1/i4D,5D,6D,9D,15D. The molecule has 10 heteroatoms. The fourth-order valence-corrected chi connectivity index (χ4v) is 4.81. The minimum atomic E-state index is -3.17. The lowest BCUT2D eigenvalue weighted by Crippen LogP contribution is -2.64. The van der Waals surface area contributed by atoms with Gasteiger partial charge in [0.15, 0.2) is 17.2 Å². The summed E-state index contributed by atoms with van der Waals surface area (Å²) in [6.45, 7) is 0.944. The summed E-state index contributed by atoms with van der Waals surface area (Å²) in [4.78, 5) is 39.1. The number of rotatable bonds is 2. The Labute approximate surface area is 190 Å². The van der Waals surface area contributed by atoms with Gasteiger partial charge in [0, 0.05) is 18.8 Å². The zero-order chi connectivity index (χ0) is 28.4. The summed E-state index contributed by atoms with van der Waals surface area (Å²) in [6, 6.07) is -5.43. The molecule has 4 rings (SSSR count). The summed E-state index contributed by atoms with van der Waals surface area (Å²) in [5.41, 5.74) is -4.40. The highest BCUT2D eigenvalue weighted by Crippen LogP contribution is 2.57. The van der Waals surface area contributed by atoms with E-state index in [1.165, 1.54) is 14.1 Å². The fourth-order valence-electron chi connectivity index (χ4n) is 4.81. The quantitative estimate of drug-likeness (QED) is 0.306. The number of amides is 1. The lowest BCUT2D eigenvalue weighted by Gasteiger charge is -2.53. The molecule has 0 aromatic rings. The highest BCUT2D eigenvalue weighted by molar-refractivity contribution is 6.22. The van der Waals surface area contributed by atoms with Crippen LogP contribution in [-0.4, -0.2) is 79.2 Å². The number of primary amides is 1. The molecule has 4 unspecified atom stereocenters. The number of aliphatic hydroxyl groups excluding tert-OH is 3. The molecule has 10 nitrogen and oxygen atoms in total. The molecule has 5 atom stereocenters. The van der Waals surface area contributed by atoms with Crippen LogP contribution >= 0.6 is 0 Å². The number of hydrogen-bond acceptors (Lipinski definition) is 9. The van der Waals surface area contributed by atoms with Crippen molar-refractivity contribution in [1.82, 2.24) is 4.90 Å². The van der Waals surface area contributed by atoms with Crippen LogP contribution in [0, 0.1) is 11.8 Å². The first-order valence-corrected chi connectivity index (χ1v) is 9.48. The summed E-state index contributed by atoms with van der Waals surface area (Å²) in [6.07, 6.45) is -0.952. The lowest BCUT2D eigenvalue weighted by atomic mass is 9.55. The molecule has 0 saturated heterocycles. The number of likely N-dealkylation sites (N-methyl/N-ethyl adjacent to an activating group) is 1. The Morgan fingerprint density at radius 3 is 2.44 bits per heavy atom. The van der Waals surface area contributed by atoms with Gasteiger partial charge in [-0.05, 0) is 39.1 Å². The number of ketones is 2. The molecule has 0 fully saturated rings. The van der Waals surface area contributed by atoms with Crippen LogP contribution in [0.3, 0.4) is 0 Å². The maximum Gasteiger partial charge on any atom is 0.255 e. The number of carbonyl (C=O) groups is 3. The molecule has 0 aromatic heterocycles. The number of hydrogen-bond donors (Lipinski definition) is 6. The highest BCUT2D eigenvalue weighted by Gasteiger charge is 2.64. The van der Waals surface area contributed by atoms with Crippen LogP contribution in [-0.2, 0) is 14.4 Å². The van der Waals surface area contributed by atoms with Crippen LogP contribution in [0.15, 0.2) is 57.7 Å². The first-order valence-electron chi connectivity index (χ1n) is 12.0. The number of Topliss-reactive ketones (excluding diaryl/α,β-unsaturated/α-hetero) is 1. The second-order valence-electron chi connectivity index (χ2n) is 8.30. The Bertz CT molecular complexity index is 1390. The first kappa shape index (κ1) is 16.4. The SMILES string of the molecule is [2H]C1=C([2H])C([2H])=C2C(=C(O)C3=C(O)[C@]4(O)C(O)=C(C(N)=O)C(=O)C([2H])(N(C)C)C4CC3([2H])C2(C)O)C1=O. The van der Waals surface area contributed by atoms with Gasteiger partial charge in [-0.25, -0.2) is 0 Å². The Morgan fingerprint density at radius 1 is 1.25 bits per heavy atom. The summed E-state index contributed by atoms with van der Waals surface area (Å²) in [5, 5.41) is 56.6. The van der Waals surface area contributed by atoms with E-state index in [0.29, 0.717) is 0 Å². The largest absolute Gasteiger partial charge is 0.508 e. The van der Waals surface area contributed by atoms with Gasteiger partial charge >= 0.3 is 0 Å². The van der Waals surface area contributed by atoms with Crippen molar-refractivity contribution >= 4 is 17.5 Å². The molecule has 0 heterocycles. The molecule has 170 valence electrons. The molecule has 0 aromatic carbocycles. The molecule has 0 saturated carbocycles. The van der Waals surface area contributed by atoms with Gasteiger partial charge in [-0.15, -0.1) is 0 Å². The van der Waals surface area contributed by atoms with E-state index in [9.17, 15) is 41.3 Å². The fraction of sp³-hybridized carbons (Fsp3) is 0.409. The first-order chi connectivity index (χ1) is 16.7. The zero-order valence-corrected chi connectivity index (χ0v) is 17.3. The maximum absolute atomic E-state index is 13.3. The van der Waals surface area contributed by atoms with Crippen molar-refractivity contribution in [3.8, 4) is 0 Å². The van der Waals surface area contributed by atoms with E-state index in [1.807, 2.05) is 0 Å².